The van der Waals surface area contributed by atoms with Crippen molar-refractivity contribution in [1.29, 1.82) is 5.26 Å². The van der Waals surface area contributed by atoms with Gasteiger partial charge < -0.3 is 19.5 Å². The summed E-state index contributed by atoms with van der Waals surface area (Å²) in [5.41, 5.74) is 4.80. The molecule has 0 bridgehead atoms. The zero-order valence-corrected chi connectivity index (χ0v) is 19.3. The number of rotatable bonds is 10. The first-order valence-corrected chi connectivity index (χ1v) is 10.6. The number of hydrazone groups is 1. The summed E-state index contributed by atoms with van der Waals surface area (Å²) < 4.78 is 16.3. The average molecular weight is 473 g/mol. The molecule has 0 radical (unpaired) electrons. The number of hydrogen-bond acceptors (Lipinski definition) is 7. The van der Waals surface area contributed by atoms with Gasteiger partial charge in [-0.05, 0) is 42.0 Å². The van der Waals surface area contributed by atoms with Crippen LogP contribution in [0.1, 0.15) is 23.1 Å². The van der Waals surface area contributed by atoms with Crippen molar-refractivity contribution in [2.45, 2.75) is 13.0 Å². The molecular weight excluding hydrogens is 448 g/mol. The van der Waals surface area contributed by atoms with Crippen LogP contribution in [0.3, 0.4) is 0 Å². The van der Waals surface area contributed by atoms with Crippen LogP contribution in [0, 0.1) is 11.3 Å². The molecule has 0 aromatic heterocycles. The van der Waals surface area contributed by atoms with Gasteiger partial charge in [0.15, 0.2) is 11.5 Å². The predicted molar refractivity (Wildman–Crippen MR) is 130 cm³/mol. The second-order valence-corrected chi connectivity index (χ2v) is 7.22. The molecule has 0 spiro atoms. The summed E-state index contributed by atoms with van der Waals surface area (Å²) in [5, 5.41) is 15.7. The highest BCUT2D eigenvalue weighted by Gasteiger charge is 2.10. The van der Waals surface area contributed by atoms with E-state index in [1.807, 2.05) is 12.1 Å². The molecular formula is C26H24N4O5. The lowest BCUT2D eigenvalue weighted by atomic mass is 10.1. The molecule has 9 heteroatoms. The summed E-state index contributed by atoms with van der Waals surface area (Å²) in [4.78, 5) is 24.1. The lowest BCUT2D eigenvalue weighted by Gasteiger charge is -2.12. The predicted octanol–water partition coefficient (Wildman–Crippen LogP) is 3.63. The molecule has 0 aliphatic carbocycles. The first-order chi connectivity index (χ1) is 17.0. The van der Waals surface area contributed by atoms with E-state index in [9.17, 15) is 14.9 Å². The highest BCUT2D eigenvalue weighted by molar-refractivity contribution is 6.03. The van der Waals surface area contributed by atoms with E-state index in [4.69, 9.17) is 14.2 Å². The summed E-state index contributed by atoms with van der Waals surface area (Å²) in [6.45, 7) is 0.210. The van der Waals surface area contributed by atoms with Crippen LogP contribution in [-0.2, 0) is 16.2 Å². The molecule has 3 aromatic carbocycles. The zero-order valence-electron chi connectivity index (χ0n) is 19.3. The first-order valence-electron chi connectivity index (χ1n) is 10.6. The van der Waals surface area contributed by atoms with Crippen molar-refractivity contribution >= 4 is 23.7 Å². The number of benzene rings is 3. The normalized spacial score (nSPS) is 10.3. The maximum atomic E-state index is 12.1. The van der Waals surface area contributed by atoms with Gasteiger partial charge in [0.1, 0.15) is 18.8 Å². The quantitative estimate of drug-likeness (QED) is 0.264. The van der Waals surface area contributed by atoms with Crippen LogP contribution in [0.5, 0.6) is 17.2 Å². The zero-order chi connectivity index (χ0) is 25.0. The Bertz CT molecular complexity index is 1270. The van der Waals surface area contributed by atoms with Crippen LogP contribution in [0.25, 0.3) is 0 Å². The minimum absolute atomic E-state index is 0.210. The van der Waals surface area contributed by atoms with Crippen molar-refractivity contribution in [1.82, 2.24) is 5.43 Å². The van der Waals surface area contributed by atoms with E-state index in [1.165, 1.54) is 20.4 Å². The van der Waals surface area contributed by atoms with Crippen LogP contribution in [0.2, 0.25) is 0 Å². The number of amides is 2. The Hall–Kier alpha value is -4.84. The van der Waals surface area contributed by atoms with Gasteiger partial charge in [0, 0.05) is 17.3 Å². The Morgan fingerprint density at radius 1 is 0.971 bits per heavy atom. The van der Waals surface area contributed by atoms with Crippen molar-refractivity contribution < 1.29 is 23.8 Å². The summed E-state index contributed by atoms with van der Waals surface area (Å²) in [7, 11) is 3.04. The maximum absolute atomic E-state index is 12.1. The number of carbonyl (C=O) groups excluding carboxylic acids is 2. The fourth-order valence-electron chi connectivity index (χ4n) is 3.06. The van der Waals surface area contributed by atoms with Gasteiger partial charge in [-0.3, -0.25) is 9.59 Å². The van der Waals surface area contributed by atoms with Crippen molar-refractivity contribution in [3.8, 4) is 23.3 Å². The molecule has 0 aliphatic heterocycles. The standard InChI is InChI=1S/C26H24N4O5/c1-33-22-9-5-8-21(13-22)29-25(31)14-26(32)30-28-16-18-10-11-23(24(12-18)34-2)35-17-20-7-4-3-6-19(20)15-27/h3-13,16H,14,17H2,1-2H3,(H,29,31)(H,30,32). The molecule has 9 nitrogen and oxygen atoms in total. The molecule has 0 fully saturated rings. The maximum Gasteiger partial charge on any atom is 0.249 e. The summed E-state index contributed by atoms with van der Waals surface area (Å²) >= 11 is 0. The Morgan fingerprint density at radius 2 is 1.80 bits per heavy atom. The number of nitrogens with zero attached hydrogens (tertiary/aromatic N) is 2. The van der Waals surface area contributed by atoms with Crippen molar-refractivity contribution in [3.63, 3.8) is 0 Å². The van der Waals surface area contributed by atoms with Gasteiger partial charge in [-0.1, -0.05) is 24.3 Å². The third kappa shape index (κ3) is 7.33. The van der Waals surface area contributed by atoms with Gasteiger partial charge in [-0.2, -0.15) is 10.4 Å². The van der Waals surface area contributed by atoms with E-state index in [0.29, 0.717) is 34.1 Å². The molecule has 0 aliphatic rings. The summed E-state index contributed by atoms with van der Waals surface area (Å²) in [6, 6.07) is 21.3. The monoisotopic (exact) mass is 472 g/mol. The van der Waals surface area contributed by atoms with Crippen molar-refractivity contribution in [2.75, 3.05) is 19.5 Å². The van der Waals surface area contributed by atoms with E-state index in [1.54, 1.807) is 54.6 Å². The molecule has 0 saturated heterocycles. The second-order valence-electron chi connectivity index (χ2n) is 7.22. The Balaban J connectivity index is 1.53. The van der Waals surface area contributed by atoms with Crippen LogP contribution < -0.4 is 25.0 Å². The Kier molecular flexibility index (Phi) is 8.79. The first kappa shape index (κ1) is 24.8. The number of anilines is 1. The minimum Gasteiger partial charge on any atom is -0.497 e. The molecule has 0 unspecified atom stereocenters. The molecule has 178 valence electrons. The smallest absolute Gasteiger partial charge is 0.249 e. The molecule has 0 heterocycles. The molecule has 35 heavy (non-hydrogen) atoms. The molecule has 2 N–H and O–H groups in total. The molecule has 3 aromatic rings. The van der Waals surface area contributed by atoms with Crippen LogP contribution in [0.4, 0.5) is 5.69 Å². The molecule has 2 amide bonds. The lowest BCUT2D eigenvalue weighted by Crippen LogP contribution is -2.24. The van der Waals surface area contributed by atoms with Crippen LogP contribution in [-0.4, -0.2) is 32.2 Å². The Labute approximate surface area is 202 Å². The molecule has 0 saturated carbocycles. The third-order valence-electron chi connectivity index (χ3n) is 4.79. The van der Waals surface area contributed by atoms with E-state index >= 15 is 0 Å². The molecule has 3 rings (SSSR count). The molecule has 0 atom stereocenters. The van der Waals surface area contributed by atoms with E-state index < -0.39 is 18.2 Å². The van der Waals surface area contributed by atoms with E-state index in [2.05, 4.69) is 21.9 Å². The van der Waals surface area contributed by atoms with Crippen LogP contribution >= 0.6 is 0 Å². The highest BCUT2D eigenvalue weighted by atomic mass is 16.5. The fourth-order valence-corrected chi connectivity index (χ4v) is 3.06. The number of nitriles is 1. The fraction of sp³-hybridized carbons (Fsp3) is 0.154. The van der Waals surface area contributed by atoms with Crippen molar-refractivity contribution in [3.05, 3.63) is 83.4 Å². The number of carbonyl (C=O) groups is 2. The van der Waals surface area contributed by atoms with Gasteiger partial charge >= 0.3 is 0 Å². The van der Waals surface area contributed by atoms with Gasteiger partial charge in [-0.15, -0.1) is 0 Å². The Morgan fingerprint density at radius 3 is 2.57 bits per heavy atom. The SMILES string of the molecule is COc1cccc(NC(=O)CC(=O)NN=Cc2ccc(OCc3ccccc3C#N)c(OC)c2)c1. The number of nitrogens with one attached hydrogen (secondary N) is 2. The summed E-state index contributed by atoms with van der Waals surface area (Å²) in [5.74, 6) is 0.510. The van der Waals surface area contributed by atoms with Gasteiger partial charge in [0.05, 0.1) is 32.1 Å². The van der Waals surface area contributed by atoms with Crippen molar-refractivity contribution in [2.24, 2.45) is 5.10 Å². The summed E-state index contributed by atoms with van der Waals surface area (Å²) in [6.07, 6.45) is 1.03. The largest absolute Gasteiger partial charge is 0.497 e. The highest BCUT2D eigenvalue weighted by Crippen LogP contribution is 2.28. The van der Waals surface area contributed by atoms with Gasteiger partial charge in [0.25, 0.3) is 0 Å². The number of methoxy groups -OCH3 is 2. The van der Waals surface area contributed by atoms with E-state index in [0.717, 1.165) is 5.56 Å². The minimum atomic E-state index is -0.565. The van der Waals surface area contributed by atoms with E-state index in [-0.39, 0.29) is 6.61 Å². The average Bonchev–Trinajstić information content (AvgIpc) is 2.87. The number of ether oxygens (including phenoxy) is 3. The van der Waals surface area contributed by atoms with Crippen LogP contribution in [0.15, 0.2) is 71.8 Å². The number of hydrogen-bond donors (Lipinski definition) is 2. The lowest BCUT2D eigenvalue weighted by molar-refractivity contribution is -0.126. The third-order valence-corrected chi connectivity index (χ3v) is 4.79. The topological polar surface area (TPSA) is 122 Å². The second kappa shape index (κ2) is 12.4. The van der Waals surface area contributed by atoms with Gasteiger partial charge in [0.2, 0.25) is 11.8 Å². The van der Waals surface area contributed by atoms with Gasteiger partial charge in [-0.25, -0.2) is 5.43 Å².